The van der Waals surface area contributed by atoms with Gasteiger partial charge in [-0.3, -0.25) is 10.1 Å². The number of hydrogen-bond donors (Lipinski definition) is 2. The van der Waals surface area contributed by atoms with Gasteiger partial charge in [0.25, 0.3) is 5.69 Å². The molecule has 0 bridgehead atoms. The van der Waals surface area contributed by atoms with E-state index in [1.165, 1.54) is 25.1 Å². The predicted molar refractivity (Wildman–Crippen MR) is 110 cm³/mol. The Labute approximate surface area is 182 Å². The highest BCUT2D eigenvalue weighted by Gasteiger charge is 2.36. The highest BCUT2D eigenvalue weighted by Crippen LogP contribution is 2.30. The highest BCUT2D eigenvalue weighted by atomic mass is 16.6. The van der Waals surface area contributed by atoms with Crippen LogP contribution in [0.4, 0.5) is 10.5 Å². The van der Waals surface area contributed by atoms with E-state index in [0.717, 1.165) is 0 Å². The summed E-state index contributed by atoms with van der Waals surface area (Å²) >= 11 is 0. The summed E-state index contributed by atoms with van der Waals surface area (Å²) in [5, 5.41) is 16.3. The molecular formula is C21H21N3O8. The topological polar surface area (TPSA) is 150 Å². The second-order valence-electron chi connectivity index (χ2n) is 6.89. The molecule has 2 heterocycles. The Hall–Kier alpha value is -4.15. The van der Waals surface area contributed by atoms with Gasteiger partial charge in [-0.05, 0) is 38.5 Å². The highest BCUT2D eigenvalue weighted by molar-refractivity contribution is 5.97. The van der Waals surface area contributed by atoms with Crippen molar-refractivity contribution in [2.45, 2.75) is 26.8 Å². The van der Waals surface area contributed by atoms with Gasteiger partial charge in [0.15, 0.2) is 0 Å². The van der Waals surface area contributed by atoms with E-state index in [2.05, 4.69) is 10.6 Å². The number of nitrogens with one attached hydrogen (secondary N) is 2. The van der Waals surface area contributed by atoms with E-state index in [1.807, 2.05) is 0 Å². The van der Waals surface area contributed by atoms with Crippen molar-refractivity contribution in [1.29, 1.82) is 0 Å². The minimum atomic E-state index is -0.974. The molecule has 0 radical (unpaired) electrons. The van der Waals surface area contributed by atoms with E-state index < -0.39 is 41.2 Å². The number of nitro groups is 1. The van der Waals surface area contributed by atoms with E-state index in [-0.39, 0.29) is 23.4 Å². The molecule has 0 aliphatic carbocycles. The molecule has 168 valence electrons. The monoisotopic (exact) mass is 443 g/mol. The first-order chi connectivity index (χ1) is 15.2. The van der Waals surface area contributed by atoms with Gasteiger partial charge in [0.2, 0.25) is 0 Å². The van der Waals surface area contributed by atoms with Crippen LogP contribution in [0.25, 0.3) is 0 Å². The molecule has 1 unspecified atom stereocenters. The lowest BCUT2D eigenvalue weighted by atomic mass is 10.0. The number of urea groups is 1. The minimum Gasteiger partial charge on any atom is -0.464 e. The number of esters is 2. The normalized spacial score (nSPS) is 15.6. The summed E-state index contributed by atoms with van der Waals surface area (Å²) in [6, 6.07) is 5.83. The average molecular weight is 443 g/mol. The number of ether oxygens (including phenoxy) is 2. The molecule has 2 amide bonds. The van der Waals surface area contributed by atoms with Crippen molar-refractivity contribution >= 4 is 23.7 Å². The molecule has 0 saturated heterocycles. The number of aryl methyl sites for hydroxylation is 2. The van der Waals surface area contributed by atoms with E-state index in [9.17, 15) is 24.5 Å². The number of carbonyl (C=O) groups is 3. The van der Waals surface area contributed by atoms with E-state index in [1.54, 1.807) is 26.0 Å². The molecule has 3 rings (SSSR count). The Morgan fingerprint density at radius 2 is 1.91 bits per heavy atom. The van der Waals surface area contributed by atoms with Crippen LogP contribution < -0.4 is 10.6 Å². The van der Waals surface area contributed by atoms with Crippen molar-refractivity contribution in [3.8, 4) is 0 Å². The second-order valence-corrected chi connectivity index (χ2v) is 6.89. The van der Waals surface area contributed by atoms with Gasteiger partial charge in [0, 0.05) is 6.07 Å². The fraction of sp³-hybridized carbons (Fsp3) is 0.286. The summed E-state index contributed by atoms with van der Waals surface area (Å²) < 4.78 is 15.9. The molecule has 32 heavy (non-hydrogen) atoms. The van der Waals surface area contributed by atoms with Crippen LogP contribution in [0, 0.1) is 24.0 Å². The summed E-state index contributed by atoms with van der Waals surface area (Å²) in [5.74, 6) is -0.856. The van der Waals surface area contributed by atoms with Gasteiger partial charge < -0.3 is 24.5 Å². The van der Waals surface area contributed by atoms with Gasteiger partial charge in [-0.25, -0.2) is 14.4 Å². The number of nitrogens with zero attached hydrogens (tertiary/aromatic N) is 1. The van der Waals surface area contributed by atoms with E-state index in [4.69, 9.17) is 13.9 Å². The fourth-order valence-corrected chi connectivity index (χ4v) is 3.28. The van der Waals surface area contributed by atoms with Crippen molar-refractivity contribution in [3.63, 3.8) is 0 Å². The van der Waals surface area contributed by atoms with Crippen molar-refractivity contribution in [3.05, 3.63) is 74.4 Å². The molecule has 1 aliphatic rings. The summed E-state index contributed by atoms with van der Waals surface area (Å²) in [4.78, 5) is 48.2. The number of nitro benzene ring substituents is 1. The molecule has 2 aromatic rings. The van der Waals surface area contributed by atoms with Gasteiger partial charge in [-0.1, -0.05) is 12.1 Å². The zero-order chi connectivity index (χ0) is 23.4. The largest absolute Gasteiger partial charge is 0.464 e. The molecule has 0 fully saturated rings. The SMILES string of the molecule is CCOC(=O)C1=C(COC(=O)c2c(C)cccc2[N+](=O)[O-])NC(=O)NC1c1ccc(C)o1. The number of furan rings is 1. The fourth-order valence-electron chi connectivity index (χ4n) is 3.28. The summed E-state index contributed by atoms with van der Waals surface area (Å²) in [6.07, 6.45) is 0. The van der Waals surface area contributed by atoms with Gasteiger partial charge >= 0.3 is 18.0 Å². The Bertz CT molecular complexity index is 1120. The molecular weight excluding hydrogens is 422 g/mol. The smallest absolute Gasteiger partial charge is 0.345 e. The second kappa shape index (κ2) is 9.33. The van der Waals surface area contributed by atoms with Crippen molar-refractivity contribution in [2.75, 3.05) is 13.2 Å². The molecule has 2 N–H and O–H groups in total. The summed E-state index contributed by atoms with van der Waals surface area (Å²) in [5.41, 5.74) is -0.298. The maximum absolute atomic E-state index is 12.7. The van der Waals surface area contributed by atoms with Crippen LogP contribution in [0.3, 0.4) is 0 Å². The van der Waals surface area contributed by atoms with E-state index in [0.29, 0.717) is 17.1 Å². The van der Waals surface area contributed by atoms with Crippen molar-refractivity contribution in [1.82, 2.24) is 10.6 Å². The lowest BCUT2D eigenvalue weighted by Crippen LogP contribution is -2.47. The zero-order valence-corrected chi connectivity index (χ0v) is 17.6. The third-order valence-electron chi connectivity index (χ3n) is 4.69. The number of hydrogen-bond acceptors (Lipinski definition) is 8. The maximum atomic E-state index is 12.7. The third kappa shape index (κ3) is 4.61. The van der Waals surface area contributed by atoms with Crippen LogP contribution >= 0.6 is 0 Å². The Morgan fingerprint density at radius 3 is 2.53 bits per heavy atom. The lowest BCUT2D eigenvalue weighted by Gasteiger charge is -2.27. The van der Waals surface area contributed by atoms with Gasteiger partial charge in [-0.2, -0.15) is 0 Å². The molecule has 1 atom stereocenters. The Kier molecular flexibility index (Phi) is 6.57. The molecule has 11 nitrogen and oxygen atoms in total. The van der Waals surface area contributed by atoms with E-state index >= 15 is 0 Å². The van der Waals surface area contributed by atoms with Crippen molar-refractivity contribution < 1.29 is 33.2 Å². The molecule has 0 saturated carbocycles. The van der Waals surface area contributed by atoms with Crippen molar-refractivity contribution in [2.24, 2.45) is 0 Å². The van der Waals surface area contributed by atoms with Crippen LogP contribution in [0.5, 0.6) is 0 Å². The third-order valence-corrected chi connectivity index (χ3v) is 4.69. The summed E-state index contributed by atoms with van der Waals surface area (Å²) in [7, 11) is 0. The average Bonchev–Trinajstić information content (AvgIpc) is 3.17. The molecule has 0 spiro atoms. The quantitative estimate of drug-likeness (QED) is 0.377. The minimum absolute atomic E-state index is 0.00659. The van der Waals surface area contributed by atoms with Gasteiger partial charge in [0.05, 0.1) is 22.8 Å². The van der Waals surface area contributed by atoms with Gasteiger partial charge in [-0.15, -0.1) is 0 Å². The van der Waals surface area contributed by atoms with Gasteiger partial charge in [0.1, 0.15) is 29.7 Å². The first-order valence-corrected chi connectivity index (χ1v) is 9.68. The Morgan fingerprint density at radius 1 is 1.16 bits per heavy atom. The molecule has 11 heteroatoms. The summed E-state index contributed by atoms with van der Waals surface area (Å²) in [6.45, 7) is 4.41. The predicted octanol–water partition coefficient (Wildman–Crippen LogP) is 2.83. The lowest BCUT2D eigenvalue weighted by molar-refractivity contribution is -0.385. The van der Waals surface area contributed by atoms with Crippen LogP contribution in [0.15, 0.2) is 46.0 Å². The molecule has 1 aromatic heterocycles. The number of carbonyl (C=O) groups excluding carboxylic acids is 3. The zero-order valence-electron chi connectivity index (χ0n) is 17.6. The molecule has 1 aromatic carbocycles. The standard InChI is InChI=1S/C21H21N3O8/c1-4-30-20(26)17-13(22-21(27)23-18(17)15-9-8-12(3)32-15)10-31-19(25)16-11(2)6-5-7-14(16)24(28)29/h5-9,18H,4,10H2,1-3H3,(H2,22,23,27). The number of rotatable bonds is 7. The Balaban J connectivity index is 1.96. The van der Waals surface area contributed by atoms with Crippen LogP contribution in [-0.2, 0) is 14.3 Å². The maximum Gasteiger partial charge on any atom is 0.345 e. The van der Waals surface area contributed by atoms with Crippen LogP contribution in [-0.4, -0.2) is 36.1 Å². The number of amides is 2. The first-order valence-electron chi connectivity index (χ1n) is 9.68. The van der Waals surface area contributed by atoms with Crippen LogP contribution in [0.2, 0.25) is 0 Å². The van der Waals surface area contributed by atoms with Crippen LogP contribution in [0.1, 0.15) is 40.4 Å². The first kappa shape index (κ1) is 22.5. The number of benzene rings is 1. The molecule has 1 aliphatic heterocycles.